The van der Waals surface area contributed by atoms with Gasteiger partial charge in [-0.15, -0.1) is 0 Å². The monoisotopic (exact) mass is 523 g/mol. The molecule has 1 fully saturated rings. The van der Waals surface area contributed by atoms with Gasteiger partial charge in [-0.2, -0.15) is 0 Å². The highest BCUT2D eigenvalue weighted by Gasteiger charge is 2.35. The van der Waals surface area contributed by atoms with Crippen LogP contribution in [-0.4, -0.2) is 33.5 Å². The van der Waals surface area contributed by atoms with E-state index in [9.17, 15) is 24.5 Å². The van der Waals surface area contributed by atoms with Crippen LogP contribution in [-0.2, 0) is 16.1 Å². The second-order valence-corrected chi connectivity index (χ2v) is 8.95. The minimum atomic E-state index is -0.521. The van der Waals surface area contributed by atoms with E-state index in [0.29, 0.717) is 27.6 Å². The average Bonchev–Trinajstić information content (AvgIpc) is 3.12. The van der Waals surface area contributed by atoms with Gasteiger partial charge in [-0.25, -0.2) is 0 Å². The summed E-state index contributed by atoms with van der Waals surface area (Å²) in [5.74, 6) is -0.551. The number of imide groups is 1. The second kappa shape index (κ2) is 11.1. The number of nitrogens with zero attached hydrogens (tertiary/aromatic N) is 2. The number of nitrogens with one attached hydrogen (secondary N) is 1. The van der Waals surface area contributed by atoms with Crippen molar-refractivity contribution in [2.24, 2.45) is 0 Å². The number of rotatable bonds is 8. The first-order valence-corrected chi connectivity index (χ1v) is 11.8. The molecule has 0 saturated carbocycles. The fourth-order valence-electron chi connectivity index (χ4n) is 3.31. The number of hydrogen-bond donors (Lipinski definition) is 1. The molecule has 0 aliphatic carbocycles. The number of ether oxygens (including phenoxy) is 1. The number of non-ortho nitro benzene ring substituents is 1. The first kappa shape index (κ1) is 25.0. The number of thioether (sulfide) groups is 1. The standard InChI is InChI=1S/C25H18ClN3O6S/c26-19-6-2-3-7-20(19)27-23(30)15-35-21-8-4-1-5-17(21)13-22-24(31)28(25(32)36-22)14-16-9-11-18(12-10-16)29(33)34/h1-13H,14-15H2,(H,27,30)/b22-13-. The number of anilines is 1. The highest BCUT2D eigenvalue weighted by atomic mass is 35.5. The summed E-state index contributed by atoms with van der Waals surface area (Å²) in [4.78, 5) is 49.3. The van der Waals surface area contributed by atoms with Crippen molar-refractivity contribution in [3.05, 3.63) is 104 Å². The summed E-state index contributed by atoms with van der Waals surface area (Å²) < 4.78 is 5.66. The van der Waals surface area contributed by atoms with Gasteiger partial charge in [0.05, 0.1) is 27.1 Å². The predicted molar refractivity (Wildman–Crippen MR) is 137 cm³/mol. The van der Waals surface area contributed by atoms with Crippen molar-refractivity contribution >= 4 is 57.9 Å². The van der Waals surface area contributed by atoms with E-state index in [0.717, 1.165) is 16.7 Å². The Bertz CT molecular complexity index is 1380. The third-order valence-corrected chi connectivity index (χ3v) is 6.31. The SMILES string of the molecule is O=C(COc1ccccc1/C=C1\SC(=O)N(Cc2ccc([N+](=O)[O-])cc2)C1=O)Nc1ccccc1Cl. The molecule has 1 aliphatic rings. The second-order valence-electron chi connectivity index (χ2n) is 7.55. The van der Waals surface area contributed by atoms with E-state index in [-0.39, 0.29) is 23.7 Å². The molecular formula is C25H18ClN3O6S. The molecule has 0 spiro atoms. The van der Waals surface area contributed by atoms with Crippen LogP contribution < -0.4 is 10.1 Å². The molecule has 11 heteroatoms. The highest BCUT2D eigenvalue weighted by Crippen LogP contribution is 2.35. The minimum absolute atomic E-state index is 0.0135. The largest absolute Gasteiger partial charge is 0.483 e. The lowest BCUT2D eigenvalue weighted by Crippen LogP contribution is -2.27. The van der Waals surface area contributed by atoms with Gasteiger partial charge in [0.2, 0.25) is 0 Å². The topological polar surface area (TPSA) is 119 Å². The van der Waals surface area contributed by atoms with Crippen molar-refractivity contribution in [3.8, 4) is 5.75 Å². The Morgan fingerprint density at radius 3 is 2.47 bits per heavy atom. The van der Waals surface area contributed by atoms with Crippen LogP contribution in [0, 0.1) is 10.1 Å². The fraction of sp³-hybridized carbons (Fsp3) is 0.0800. The minimum Gasteiger partial charge on any atom is -0.483 e. The number of amides is 3. The van der Waals surface area contributed by atoms with Crippen molar-refractivity contribution in [1.29, 1.82) is 0 Å². The molecule has 3 aromatic rings. The third kappa shape index (κ3) is 5.91. The Labute approximate surface area is 214 Å². The zero-order chi connectivity index (χ0) is 25.7. The average molecular weight is 524 g/mol. The van der Waals surface area contributed by atoms with Gasteiger partial charge in [-0.3, -0.25) is 29.4 Å². The zero-order valence-corrected chi connectivity index (χ0v) is 20.1. The molecule has 0 atom stereocenters. The molecule has 36 heavy (non-hydrogen) atoms. The third-order valence-electron chi connectivity index (χ3n) is 5.07. The maximum absolute atomic E-state index is 12.9. The van der Waals surface area contributed by atoms with Crippen LogP contribution in [0.15, 0.2) is 77.7 Å². The molecule has 4 rings (SSSR count). The number of nitro groups is 1. The van der Waals surface area contributed by atoms with E-state index in [4.69, 9.17) is 16.3 Å². The molecule has 1 N–H and O–H groups in total. The van der Waals surface area contributed by atoms with Crippen molar-refractivity contribution < 1.29 is 24.0 Å². The van der Waals surface area contributed by atoms with Gasteiger partial charge in [-0.1, -0.05) is 54.1 Å². The molecule has 182 valence electrons. The Balaban J connectivity index is 1.44. The molecule has 0 unspecified atom stereocenters. The number of nitro benzene ring substituents is 1. The van der Waals surface area contributed by atoms with Crippen molar-refractivity contribution in [3.63, 3.8) is 0 Å². The molecule has 1 saturated heterocycles. The van der Waals surface area contributed by atoms with E-state index >= 15 is 0 Å². The number of para-hydroxylation sites is 2. The lowest BCUT2D eigenvalue weighted by atomic mass is 10.1. The van der Waals surface area contributed by atoms with E-state index in [1.165, 1.54) is 30.3 Å². The van der Waals surface area contributed by atoms with Gasteiger partial charge in [0.25, 0.3) is 22.7 Å². The lowest BCUT2D eigenvalue weighted by molar-refractivity contribution is -0.384. The molecule has 3 aromatic carbocycles. The first-order valence-electron chi connectivity index (χ1n) is 10.6. The van der Waals surface area contributed by atoms with Crippen molar-refractivity contribution in [2.45, 2.75) is 6.54 Å². The number of benzene rings is 3. The Morgan fingerprint density at radius 2 is 1.75 bits per heavy atom. The Kier molecular flexibility index (Phi) is 7.67. The molecule has 0 aromatic heterocycles. The summed E-state index contributed by atoms with van der Waals surface area (Å²) in [6, 6.07) is 19.3. The maximum atomic E-state index is 12.9. The van der Waals surface area contributed by atoms with Gasteiger partial charge in [0, 0.05) is 17.7 Å². The molecular weight excluding hydrogens is 506 g/mol. The Hall–Kier alpha value is -4.15. The summed E-state index contributed by atoms with van der Waals surface area (Å²) in [7, 11) is 0. The molecule has 1 aliphatic heterocycles. The zero-order valence-electron chi connectivity index (χ0n) is 18.5. The van der Waals surface area contributed by atoms with Gasteiger partial charge >= 0.3 is 0 Å². The van der Waals surface area contributed by atoms with E-state index in [2.05, 4.69) is 5.32 Å². The van der Waals surface area contributed by atoms with E-state index < -0.39 is 22.0 Å². The lowest BCUT2D eigenvalue weighted by Gasteiger charge is -2.12. The summed E-state index contributed by atoms with van der Waals surface area (Å²) in [6.45, 7) is -0.307. The van der Waals surface area contributed by atoms with Crippen LogP contribution >= 0.6 is 23.4 Å². The van der Waals surface area contributed by atoms with Crippen molar-refractivity contribution in [1.82, 2.24) is 4.90 Å². The molecule has 9 nitrogen and oxygen atoms in total. The fourth-order valence-corrected chi connectivity index (χ4v) is 4.32. The normalized spacial score (nSPS) is 14.2. The molecule has 0 bridgehead atoms. The smallest absolute Gasteiger partial charge is 0.293 e. The first-order chi connectivity index (χ1) is 17.3. The summed E-state index contributed by atoms with van der Waals surface area (Å²) >= 11 is 6.84. The quantitative estimate of drug-likeness (QED) is 0.235. The van der Waals surface area contributed by atoms with Gasteiger partial charge in [0.15, 0.2) is 6.61 Å². The number of halogens is 1. The van der Waals surface area contributed by atoms with Crippen LogP contribution in [0.1, 0.15) is 11.1 Å². The van der Waals surface area contributed by atoms with E-state index in [1.807, 2.05) is 0 Å². The highest BCUT2D eigenvalue weighted by molar-refractivity contribution is 8.18. The van der Waals surface area contributed by atoms with Gasteiger partial charge in [0.1, 0.15) is 5.75 Å². The Morgan fingerprint density at radius 1 is 1.06 bits per heavy atom. The predicted octanol–water partition coefficient (Wildman–Crippen LogP) is 5.50. The summed E-state index contributed by atoms with van der Waals surface area (Å²) in [5, 5.41) is 13.4. The molecule has 3 amide bonds. The van der Waals surface area contributed by atoms with Crippen LogP contribution in [0.5, 0.6) is 5.75 Å². The van der Waals surface area contributed by atoms with Crippen LogP contribution in [0.25, 0.3) is 6.08 Å². The molecule has 0 radical (unpaired) electrons. The number of carbonyl (C=O) groups is 3. The summed E-state index contributed by atoms with van der Waals surface area (Å²) in [6.07, 6.45) is 1.53. The van der Waals surface area contributed by atoms with Gasteiger partial charge < -0.3 is 10.1 Å². The summed E-state index contributed by atoms with van der Waals surface area (Å²) in [5.41, 5.74) is 1.48. The van der Waals surface area contributed by atoms with Crippen LogP contribution in [0.3, 0.4) is 0 Å². The van der Waals surface area contributed by atoms with Crippen LogP contribution in [0.2, 0.25) is 5.02 Å². The van der Waals surface area contributed by atoms with E-state index in [1.54, 1.807) is 48.5 Å². The maximum Gasteiger partial charge on any atom is 0.293 e. The molecule has 1 heterocycles. The number of carbonyl (C=O) groups excluding carboxylic acids is 3. The van der Waals surface area contributed by atoms with Crippen molar-refractivity contribution in [2.75, 3.05) is 11.9 Å². The number of hydrogen-bond acceptors (Lipinski definition) is 7. The van der Waals surface area contributed by atoms with Crippen LogP contribution in [0.4, 0.5) is 16.2 Å². The van der Waals surface area contributed by atoms with Gasteiger partial charge in [-0.05, 0) is 41.6 Å².